The predicted molar refractivity (Wildman–Crippen MR) is 88.5 cm³/mol. The number of hydrogen-bond donors (Lipinski definition) is 2. The quantitative estimate of drug-likeness (QED) is 0.814. The van der Waals surface area contributed by atoms with Crippen LogP contribution in [0, 0.1) is 0 Å². The molecule has 1 heterocycles. The lowest BCUT2D eigenvalue weighted by atomic mass is 10.0. The Kier molecular flexibility index (Phi) is 4.47. The van der Waals surface area contributed by atoms with Crippen molar-refractivity contribution in [3.63, 3.8) is 0 Å². The summed E-state index contributed by atoms with van der Waals surface area (Å²) in [5, 5.41) is 6.63. The Morgan fingerprint density at radius 2 is 2.00 bits per heavy atom. The minimum Gasteiger partial charge on any atom is -0.399 e. The average molecular weight is 366 g/mol. The third kappa shape index (κ3) is 3.87. The van der Waals surface area contributed by atoms with Gasteiger partial charge in [0.2, 0.25) is 0 Å². The van der Waals surface area contributed by atoms with Crippen LogP contribution in [-0.2, 0) is 6.18 Å². The number of nitrogen functional groups attached to an aromatic ring is 1. The molecule has 1 saturated carbocycles. The first kappa shape index (κ1) is 18.0. The normalized spacial score (nSPS) is 15.5. The Bertz CT molecular complexity index is 904. The lowest BCUT2D eigenvalue weighted by Gasteiger charge is -2.17. The summed E-state index contributed by atoms with van der Waals surface area (Å²) in [4.78, 5) is 24.1. The first-order valence-electron chi connectivity index (χ1n) is 8.03. The summed E-state index contributed by atoms with van der Waals surface area (Å²) in [6, 6.07) is 4.99. The zero-order valence-corrected chi connectivity index (χ0v) is 13.9. The van der Waals surface area contributed by atoms with Gasteiger partial charge in [-0.1, -0.05) is 0 Å². The number of aromatic nitrogens is 2. The number of nitrogens with two attached hydrogens (primary N) is 1. The summed E-state index contributed by atoms with van der Waals surface area (Å²) in [7, 11) is 0. The lowest BCUT2D eigenvalue weighted by Crippen LogP contribution is -2.31. The summed E-state index contributed by atoms with van der Waals surface area (Å²) in [5.41, 5.74) is 4.59. The van der Waals surface area contributed by atoms with Crippen LogP contribution in [0.1, 0.15) is 53.5 Å². The highest BCUT2D eigenvalue weighted by Gasteiger charge is 2.31. The third-order valence-electron chi connectivity index (χ3n) is 4.10. The maximum Gasteiger partial charge on any atom is 0.416 e. The molecule has 0 spiro atoms. The number of anilines is 1. The van der Waals surface area contributed by atoms with Gasteiger partial charge in [-0.3, -0.25) is 9.59 Å². The fraction of sp³-hybridized carbons (Fsp3) is 0.353. The number of benzene rings is 1. The van der Waals surface area contributed by atoms with Gasteiger partial charge in [-0.2, -0.15) is 18.3 Å². The van der Waals surface area contributed by atoms with E-state index in [1.54, 1.807) is 6.92 Å². The second-order valence-corrected chi connectivity index (χ2v) is 6.31. The van der Waals surface area contributed by atoms with Crippen LogP contribution in [0.15, 0.2) is 35.1 Å². The van der Waals surface area contributed by atoms with Gasteiger partial charge in [-0.25, -0.2) is 4.68 Å². The van der Waals surface area contributed by atoms with Crippen molar-refractivity contribution in [1.29, 1.82) is 0 Å². The molecule has 3 N–H and O–H groups in total. The highest BCUT2D eigenvalue weighted by Crippen LogP contribution is 2.33. The number of rotatable bonds is 4. The fourth-order valence-corrected chi connectivity index (χ4v) is 2.57. The lowest BCUT2D eigenvalue weighted by molar-refractivity contribution is -0.137. The summed E-state index contributed by atoms with van der Waals surface area (Å²) < 4.78 is 40.0. The maximum atomic E-state index is 12.9. The zero-order valence-electron chi connectivity index (χ0n) is 13.9. The summed E-state index contributed by atoms with van der Waals surface area (Å²) >= 11 is 0. The summed E-state index contributed by atoms with van der Waals surface area (Å²) in [6.07, 6.45) is -2.87. The van der Waals surface area contributed by atoms with E-state index >= 15 is 0 Å². The van der Waals surface area contributed by atoms with E-state index in [2.05, 4.69) is 10.4 Å². The van der Waals surface area contributed by atoms with E-state index in [1.807, 2.05) is 0 Å². The number of amides is 1. The van der Waals surface area contributed by atoms with Crippen LogP contribution in [0.3, 0.4) is 0 Å². The second-order valence-electron chi connectivity index (χ2n) is 6.31. The Hall–Kier alpha value is -2.84. The van der Waals surface area contributed by atoms with Crippen LogP contribution < -0.4 is 16.6 Å². The van der Waals surface area contributed by atoms with Crippen LogP contribution in [-0.4, -0.2) is 15.7 Å². The molecule has 1 atom stereocenters. The first-order chi connectivity index (χ1) is 12.1. The number of nitrogens with one attached hydrogen (secondary N) is 1. The van der Waals surface area contributed by atoms with Gasteiger partial charge in [0.15, 0.2) is 0 Å². The van der Waals surface area contributed by atoms with E-state index in [9.17, 15) is 22.8 Å². The van der Waals surface area contributed by atoms with Crippen LogP contribution >= 0.6 is 0 Å². The molecule has 1 aromatic heterocycles. The van der Waals surface area contributed by atoms with Crippen LogP contribution in [0.5, 0.6) is 0 Å². The Morgan fingerprint density at radius 1 is 1.31 bits per heavy atom. The van der Waals surface area contributed by atoms with Crippen molar-refractivity contribution >= 4 is 11.6 Å². The van der Waals surface area contributed by atoms with Gasteiger partial charge in [-0.05, 0) is 49.6 Å². The fourth-order valence-electron chi connectivity index (χ4n) is 2.57. The molecule has 138 valence electrons. The van der Waals surface area contributed by atoms with Gasteiger partial charge in [0.1, 0.15) is 5.69 Å². The number of alkyl halides is 3. The second kappa shape index (κ2) is 6.47. The third-order valence-corrected chi connectivity index (χ3v) is 4.10. The molecule has 6 nitrogen and oxygen atoms in total. The molecule has 0 saturated heterocycles. The van der Waals surface area contributed by atoms with Gasteiger partial charge in [0.05, 0.1) is 17.6 Å². The molecule has 0 bridgehead atoms. The van der Waals surface area contributed by atoms with Gasteiger partial charge in [-0.15, -0.1) is 0 Å². The SMILES string of the molecule is CC(NC(=O)c1ccc(=O)n(C2CC2)n1)c1cc(N)cc(C(F)(F)F)c1. The Balaban J connectivity index is 1.81. The van der Waals surface area contributed by atoms with Crippen molar-refractivity contribution in [2.75, 3.05) is 5.73 Å². The highest BCUT2D eigenvalue weighted by molar-refractivity contribution is 5.92. The van der Waals surface area contributed by atoms with Gasteiger partial charge in [0.25, 0.3) is 11.5 Å². The number of hydrogen-bond acceptors (Lipinski definition) is 4. The molecular weight excluding hydrogens is 349 g/mol. The van der Waals surface area contributed by atoms with Crippen molar-refractivity contribution in [3.8, 4) is 0 Å². The van der Waals surface area contributed by atoms with Crippen molar-refractivity contribution in [2.24, 2.45) is 0 Å². The van der Waals surface area contributed by atoms with E-state index in [4.69, 9.17) is 5.73 Å². The molecule has 3 rings (SSSR count). The predicted octanol–water partition coefficient (Wildman–Crippen LogP) is 2.67. The molecule has 26 heavy (non-hydrogen) atoms. The van der Waals surface area contributed by atoms with Gasteiger partial charge < -0.3 is 11.1 Å². The van der Waals surface area contributed by atoms with Gasteiger partial charge >= 0.3 is 6.18 Å². The molecule has 1 amide bonds. The molecule has 1 aliphatic rings. The van der Waals surface area contributed by atoms with E-state index in [0.29, 0.717) is 0 Å². The molecule has 0 aliphatic heterocycles. The number of halogens is 3. The highest BCUT2D eigenvalue weighted by atomic mass is 19.4. The van der Waals surface area contributed by atoms with E-state index in [1.165, 1.54) is 22.9 Å². The first-order valence-corrected chi connectivity index (χ1v) is 8.03. The molecule has 1 unspecified atom stereocenters. The van der Waals surface area contributed by atoms with Crippen molar-refractivity contribution in [3.05, 3.63) is 57.5 Å². The van der Waals surface area contributed by atoms with Crippen LogP contribution in [0.25, 0.3) is 0 Å². The maximum absolute atomic E-state index is 12.9. The molecule has 1 fully saturated rings. The number of nitrogens with zero attached hydrogens (tertiary/aromatic N) is 2. The average Bonchev–Trinajstić information content (AvgIpc) is 3.38. The molecule has 1 aliphatic carbocycles. The monoisotopic (exact) mass is 366 g/mol. The number of carbonyl (C=O) groups excluding carboxylic acids is 1. The summed E-state index contributed by atoms with van der Waals surface area (Å²) in [5.74, 6) is -0.581. The molecular formula is C17H17F3N4O2. The molecule has 1 aromatic carbocycles. The standard InChI is InChI=1S/C17H17F3N4O2/c1-9(10-6-11(17(18,19)20)8-12(21)7-10)22-16(26)14-4-5-15(25)24(23-14)13-2-3-13/h4-9,13H,2-3,21H2,1H3,(H,22,26). The Morgan fingerprint density at radius 3 is 2.62 bits per heavy atom. The number of carbonyl (C=O) groups is 1. The molecule has 0 radical (unpaired) electrons. The smallest absolute Gasteiger partial charge is 0.399 e. The van der Waals surface area contributed by atoms with E-state index < -0.39 is 23.7 Å². The zero-order chi connectivity index (χ0) is 19.1. The molecule has 9 heteroatoms. The molecule has 2 aromatic rings. The summed E-state index contributed by atoms with van der Waals surface area (Å²) in [6.45, 7) is 1.55. The van der Waals surface area contributed by atoms with Gasteiger partial charge in [0, 0.05) is 11.8 Å². The minimum absolute atomic E-state index is 0.0101. The minimum atomic E-state index is -4.53. The largest absolute Gasteiger partial charge is 0.416 e. The van der Waals surface area contributed by atoms with Crippen molar-refractivity contribution in [1.82, 2.24) is 15.1 Å². The Labute approximate surface area is 146 Å². The van der Waals surface area contributed by atoms with Crippen LogP contribution in [0.2, 0.25) is 0 Å². The van der Waals surface area contributed by atoms with E-state index in [-0.39, 0.29) is 28.5 Å². The van der Waals surface area contributed by atoms with E-state index in [0.717, 1.165) is 25.0 Å². The van der Waals surface area contributed by atoms with Crippen LogP contribution in [0.4, 0.5) is 18.9 Å². The van der Waals surface area contributed by atoms with Crippen molar-refractivity contribution < 1.29 is 18.0 Å². The topological polar surface area (TPSA) is 90.0 Å². The van der Waals surface area contributed by atoms with Crippen molar-refractivity contribution in [2.45, 2.75) is 38.0 Å².